The second kappa shape index (κ2) is 8.14. The Balaban J connectivity index is 1.73. The molecule has 2 aromatic carbocycles. The number of methoxy groups -OCH3 is 1. The molecule has 0 aliphatic carbocycles. The van der Waals surface area contributed by atoms with E-state index in [-0.39, 0.29) is 11.7 Å². The number of hydrogen-bond donors (Lipinski definition) is 1. The molecule has 0 saturated carbocycles. The Morgan fingerprint density at radius 2 is 2.00 bits per heavy atom. The van der Waals surface area contributed by atoms with Gasteiger partial charge < -0.3 is 14.5 Å². The van der Waals surface area contributed by atoms with Gasteiger partial charge in [0.15, 0.2) is 5.76 Å². The Hall–Kier alpha value is -2.37. The summed E-state index contributed by atoms with van der Waals surface area (Å²) in [5.41, 5.74) is 1.32. The van der Waals surface area contributed by atoms with Crippen LogP contribution in [0.2, 0.25) is 5.02 Å². The van der Waals surface area contributed by atoms with Crippen LogP contribution in [-0.2, 0) is 5.75 Å². The van der Waals surface area contributed by atoms with Gasteiger partial charge in [0.25, 0.3) is 5.91 Å². The first-order valence-electron chi connectivity index (χ1n) is 7.56. The van der Waals surface area contributed by atoms with Crippen molar-refractivity contribution in [2.45, 2.75) is 10.6 Å². The molecule has 6 heteroatoms. The van der Waals surface area contributed by atoms with E-state index in [1.807, 2.05) is 30.3 Å². The first-order valence-corrected chi connectivity index (χ1v) is 8.93. The molecular weight excluding hydrogens is 358 g/mol. The van der Waals surface area contributed by atoms with Gasteiger partial charge >= 0.3 is 0 Å². The van der Waals surface area contributed by atoms with Crippen molar-refractivity contribution in [2.75, 3.05) is 12.4 Å². The van der Waals surface area contributed by atoms with E-state index < -0.39 is 0 Å². The van der Waals surface area contributed by atoms with Gasteiger partial charge in [-0.05, 0) is 36.4 Å². The van der Waals surface area contributed by atoms with Gasteiger partial charge in [-0.3, -0.25) is 4.79 Å². The highest BCUT2D eigenvalue weighted by atomic mass is 35.5. The fourth-order valence-electron chi connectivity index (χ4n) is 2.28. The molecule has 0 saturated heterocycles. The third-order valence-electron chi connectivity index (χ3n) is 3.50. The van der Waals surface area contributed by atoms with E-state index in [0.29, 0.717) is 22.2 Å². The minimum absolute atomic E-state index is 0.283. The highest BCUT2D eigenvalue weighted by Crippen LogP contribution is 2.29. The molecule has 1 amide bonds. The first kappa shape index (κ1) is 17.5. The SMILES string of the molecule is COc1ccc(Cl)cc1NC(=O)c1occc1CSc1ccccc1. The Morgan fingerprint density at radius 3 is 2.76 bits per heavy atom. The molecule has 0 fully saturated rings. The maximum Gasteiger partial charge on any atom is 0.291 e. The zero-order valence-corrected chi connectivity index (χ0v) is 15.1. The van der Waals surface area contributed by atoms with Crippen molar-refractivity contribution >= 4 is 35.0 Å². The molecule has 0 unspecified atom stereocenters. The lowest BCUT2D eigenvalue weighted by Crippen LogP contribution is -2.13. The van der Waals surface area contributed by atoms with Gasteiger partial charge in [-0.1, -0.05) is 29.8 Å². The Labute approximate surface area is 155 Å². The summed E-state index contributed by atoms with van der Waals surface area (Å²) in [7, 11) is 1.54. The van der Waals surface area contributed by atoms with Crippen molar-refractivity contribution < 1.29 is 13.9 Å². The molecule has 0 aliphatic rings. The number of anilines is 1. The van der Waals surface area contributed by atoms with Crippen LogP contribution in [0.3, 0.4) is 0 Å². The molecule has 0 radical (unpaired) electrons. The molecule has 3 rings (SSSR count). The van der Waals surface area contributed by atoms with Crippen LogP contribution in [0.5, 0.6) is 5.75 Å². The fraction of sp³-hybridized carbons (Fsp3) is 0.105. The van der Waals surface area contributed by atoms with Crippen LogP contribution < -0.4 is 10.1 Å². The summed E-state index contributed by atoms with van der Waals surface area (Å²) in [4.78, 5) is 13.7. The number of benzene rings is 2. The Morgan fingerprint density at radius 1 is 1.20 bits per heavy atom. The number of thioether (sulfide) groups is 1. The van der Waals surface area contributed by atoms with Crippen LogP contribution in [-0.4, -0.2) is 13.0 Å². The maximum absolute atomic E-state index is 12.6. The summed E-state index contributed by atoms with van der Waals surface area (Å²) < 4.78 is 10.6. The third-order valence-corrected chi connectivity index (χ3v) is 4.80. The molecule has 1 N–H and O–H groups in total. The molecule has 0 aliphatic heterocycles. The summed E-state index contributed by atoms with van der Waals surface area (Å²) in [6.45, 7) is 0. The number of hydrogen-bond acceptors (Lipinski definition) is 4. The maximum atomic E-state index is 12.6. The molecule has 0 spiro atoms. The topological polar surface area (TPSA) is 51.5 Å². The van der Waals surface area contributed by atoms with E-state index in [1.165, 1.54) is 13.4 Å². The average Bonchev–Trinajstić information content (AvgIpc) is 3.10. The van der Waals surface area contributed by atoms with Crippen LogP contribution >= 0.6 is 23.4 Å². The van der Waals surface area contributed by atoms with Crippen molar-refractivity contribution in [2.24, 2.45) is 0 Å². The molecule has 0 atom stereocenters. The van der Waals surface area contributed by atoms with Gasteiger partial charge in [-0.25, -0.2) is 0 Å². The van der Waals surface area contributed by atoms with Gasteiger partial charge in [-0.2, -0.15) is 0 Å². The van der Waals surface area contributed by atoms with Crippen LogP contribution in [0.4, 0.5) is 5.69 Å². The van der Waals surface area contributed by atoms with Crippen molar-refractivity contribution in [3.8, 4) is 5.75 Å². The molecular formula is C19H16ClNO3S. The molecule has 1 heterocycles. The zero-order chi connectivity index (χ0) is 17.6. The highest BCUT2D eigenvalue weighted by molar-refractivity contribution is 7.98. The largest absolute Gasteiger partial charge is 0.495 e. The van der Waals surface area contributed by atoms with Crippen molar-refractivity contribution in [3.05, 3.63) is 77.2 Å². The number of nitrogens with one attached hydrogen (secondary N) is 1. The number of carbonyl (C=O) groups is 1. The fourth-order valence-corrected chi connectivity index (χ4v) is 3.35. The van der Waals surface area contributed by atoms with Crippen LogP contribution in [0.25, 0.3) is 0 Å². The quantitative estimate of drug-likeness (QED) is 0.581. The van der Waals surface area contributed by atoms with Gasteiger partial charge in [0, 0.05) is 21.2 Å². The van der Waals surface area contributed by atoms with Gasteiger partial charge in [0.2, 0.25) is 0 Å². The summed E-state index contributed by atoms with van der Waals surface area (Å²) in [5.74, 6) is 1.11. The van der Waals surface area contributed by atoms with Crippen molar-refractivity contribution in [1.82, 2.24) is 0 Å². The molecule has 128 valence electrons. The first-order chi connectivity index (χ1) is 12.2. The second-order valence-corrected chi connectivity index (χ2v) is 6.66. The number of carbonyl (C=O) groups excluding carboxylic acids is 1. The number of ether oxygens (including phenoxy) is 1. The van der Waals surface area contributed by atoms with Gasteiger partial charge in [0.05, 0.1) is 19.1 Å². The number of rotatable bonds is 6. The summed E-state index contributed by atoms with van der Waals surface area (Å²) in [6.07, 6.45) is 1.52. The predicted molar refractivity (Wildman–Crippen MR) is 101 cm³/mol. The van der Waals surface area contributed by atoms with E-state index in [9.17, 15) is 4.79 Å². The lowest BCUT2D eigenvalue weighted by molar-refractivity contribution is 0.0995. The van der Waals surface area contributed by atoms with Crippen molar-refractivity contribution in [3.63, 3.8) is 0 Å². The molecule has 3 aromatic rings. The molecule has 4 nitrogen and oxygen atoms in total. The monoisotopic (exact) mass is 373 g/mol. The van der Waals surface area contributed by atoms with E-state index >= 15 is 0 Å². The number of halogens is 1. The van der Waals surface area contributed by atoms with E-state index in [1.54, 1.807) is 36.0 Å². The predicted octanol–water partition coefficient (Wildman–Crippen LogP) is 5.49. The van der Waals surface area contributed by atoms with Crippen LogP contribution in [0.15, 0.2) is 70.2 Å². The smallest absolute Gasteiger partial charge is 0.291 e. The van der Waals surface area contributed by atoms with Gasteiger partial charge in [0.1, 0.15) is 5.75 Å². The zero-order valence-electron chi connectivity index (χ0n) is 13.5. The van der Waals surface area contributed by atoms with Gasteiger partial charge in [-0.15, -0.1) is 11.8 Å². The van der Waals surface area contributed by atoms with E-state index in [2.05, 4.69) is 5.32 Å². The second-order valence-electron chi connectivity index (χ2n) is 5.18. The average molecular weight is 374 g/mol. The van der Waals surface area contributed by atoms with Crippen LogP contribution in [0, 0.1) is 0 Å². The standard InChI is InChI=1S/C19H16ClNO3S/c1-23-17-8-7-14(20)11-16(17)21-19(22)18-13(9-10-24-18)12-25-15-5-3-2-4-6-15/h2-11H,12H2,1H3,(H,21,22). The highest BCUT2D eigenvalue weighted by Gasteiger charge is 2.17. The van der Waals surface area contributed by atoms with Crippen molar-refractivity contribution in [1.29, 1.82) is 0 Å². The lowest BCUT2D eigenvalue weighted by Gasteiger charge is -2.10. The molecule has 1 aromatic heterocycles. The summed E-state index contributed by atoms with van der Waals surface area (Å²) >= 11 is 7.64. The minimum atomic E-state index is -0.339. The normalized spacial score (nSPS) is 10.5. The Kier molecular flexibility index (Phi) is 5.68. The lowest BCUT2D eigenvalue weighted by atomic mass is 10.2. The molecule has 25 heavy (non-hydrogen) atoms. The minimum Gasteiger partial charge on any atom is -0.495 e. The summed E-state index contributed by atoms with van der Waals surface area (Å²) in [6, 6.07) is 16.8. The van der Waals surface area contributed by atoms with Crippen LogP contribution in [0.1, 0.15) is 16.1 Å². The Bertz CT molecular complexity index is 864. The molecule has 0 bridgehead atoms. The number of amides is 1. The van der Waals surface area contributed by atoms with E-state index in [0.717, 1.165) is 10.5 Å². The summed E-state index contributed by atoms with van der Waals surface area (Å²) in [5, 5.41) is 3.30. The number of furan rings is 1. The van der Waals surface area contributed by atoms with E-state index in [4.69, 9.17) is 20.8 Å². The third kappa shape index (κ3) is 4.38.